The summed E-state index contributed by atoms with van der Waals surface area (Å²) in [5.41, 5.74) is -0.669. The molecule has 0 unspecified atom stereocenters. The molecule has 2 aromatic rings. The van der Waals surface area contributed by atoms with Crippen LogP contribution in [-0.2, 0) is 11.0 Å². The molecular weight excluding hydrogens is 335 g/mol. The van der Waals surface area contributed by atoms with Gasteiger partial charge in [-0.2, -0.15) is 13.2 Å². The second-order valence-electron chi connectivity index (χ2n) is 5.80. The Bertz CT molecular complexity index is 747. The van der Waals surface area contributed by atoms with E-state index >= 15 is 0 Å². The van der Waals surface area contributed by atoms with Gasteiger partial charge in [0.1, 0.15) is 5.82 Å². The first-order chi connectivity index (χ1) is 11.9. The van der Waals surface area contributed by atoms with Gasteiger partial charge in [-0.25, -0.2) is 9.97 Å². The third-order valence-electron chi connectivity index (χ3n) is 3.67. The zero-order valence-corrected chi connectivity index (χ0v) is 13.2. The summed E-state index contributed by atoms with van der Waals surface area (Å²) in [6.45, 7) is 0.442. The molecule has 0 saturated heterocycles. The van der Waals surface area contributed by atoms with E-state index in [1.165, 1.54) is 24.5 Å². The predicted octanol–water partition coefficient (Wildman–Crippen LogP) is 2.50. The van der Waals surface area contributed by atoms with Gasteiger partial charge in [0, 0.05) is 30.6 Å². The molecule has 6 nitrogen and oxygen atoms in total. The van der Waals surface area contributed by atoms with E-state index < -0.39 is 11.9 Å². The summed E-state index contributed by atoms with van der Waals surface area (Å²) < 4.78 is 39.2. The van der Waals surface area contributed by atoms with E-state index in [9.17, 15) is 18.0 Å². The number of amides is 1. The Morgan fingerprint density at radius 2 is 1.92 bits per heavy atom. The monoisotopic (exact) mass is 351 g/mol. The zero-order valence-electron chi connectivity index (χ0n) is 13.2. The lowest BCUT2D eigenvalue weighted by Gasteiger charge is -2.12. The topological polar surface area (TPSA) is 79.8 Å². The number of nitrogens with zero attached hydrogens (tertiary/aromatic N) is 3. The molecule has 1 amide bonds. The van der Waals surface area contributed by atoms with Gasteiger partial charge in [0.15, 0.2) is 11.5 Å². The number of rotatable bonds is 6. The number of alkyl halides is 3. The summed E-state index contributed by atoms with van der Waals surface area (Å²) in [5, 5.41) is 5.36. The lowest BCUT2D eigenvalue weighted by molar-refractivity contribution is -0.141. The maximum absolute atomic E-state index is 13.1. The minimum absolute atomic E-state index is 0.0595. The fourth-order valence-electron chi connectivity index (χ4n) is 2.13. The van der Waals surface area contributed by atoms with Gasteiger partial charge >= 0.3 is 6.18 Å². The van der Waals surface area contributed by atoms with Crippen molar-refractivity contribution in [1.29, 1.82) is 0 Å². The normalized spacial score (nSPS) is 14.2. The van der Waals surface area contributed by atoms with Crippen molar-refractivity contribution in [3.8, 4) is 11.4 Å². The Labute approximate surface area is 141 Å². The highest BCUT2D eigenvalue weighted by atomic mass is 19.4. The molecule has 0 aromatic carbocycles. The van der Waals surface area contributed by atoms with Crippen LogP contribution in [0.1, 0.15) is 18.5 Å². The SMILES string of the molecule is O=C(CNc1cc(C(F)(F)F)nc(-c2ccncc2)n1)NCC1CC1. The number of nitrogens with one attached hydrogen (secondary N) is 2. The van der Waals surface area contributed by atoms with E-state index in [4.69, 9.17) is 0 Å². The van der Waals surface area contributed by atoms with Crippen LogP contribution < -0.4 is 10.6 Å². The van der Waals surface area contributed by atoms with Crippen molar-refractivity contribution in [2.45, 2.75) is 19.0 Å². The van der Waals surface area contributed by atoms with E-state index in [1.54, 1.807) is 0 Å². The maximum atomic E-state index is 13.1. The summed E-state index contributed by atoms with van der Waals surface area (Å²) in [7, 11) is 0. The van der Waals surface area contributed by atoms with Gasteiger partial charge in [-0.15, -0.1) is 0 Å². The molecule has 25 heavy (non-hydrogen) atoms. The minimum Gasteiger partial charge on any atom is -0.361 e. The van der Waals surface area contributed by atoms with Gasteiger partial charge < -0.3 is 10.6 Å². The first-order valence-corrected chi connectivity index (χ1v) is 7.79. The van der Waals surface area contributed by atoms with Gasteiger partial charge in [-0.05, 0) is 30.9 Å². The Hall–Kier alpha value is -2.71. The number of hydrogen-bond donors (Lipinski definition) is 2. The van der Waals surface area contributed by atoms with Crippen molar-refractivity contribution in [2.75, 3.05) is 18.4 Å². The van der Waals surface area contributed by atoms with Crippen molar-refractivity contribution in [3.63, 3.8) is 0 Å². The van der Waals surface area contributed by atoms with Gasteiger partial charge in [-0.1, -0.05) is 0 Å². The molecule has 2 N–H and O–H groups in total. The van der Waals surface area contributed by atoms with Crippen molar-refractivity contribution >= 4 is 11.7 Å². The Morgan fingerprint density at radius 3 is 2.56 bits per heavy atom. The third kappa shape index (κ3) is 4.88. The highest BCUT2D eigenvalue weighted by molar-refractivity contribution is 5.80. The molecule has 9 heteroatoms. The Kier molecular flexibility index (Phi) is 4.82. The standard InChI is InChI=1S/C16H16F3N5O/c17-16(18,19)12-7-13(21-9-14(25)22-8-10-1-2-10)24-15(23-12)11-3-5-20-6-4-11/h3-7,10H,1-2,8-9H2,(H,22,25)(H,21,23,24). The summed E-state index contributed by atoms with van der Waals surface area (Å²) >= 11 is 0. The predicted molar refractivity (Wildman–Crippen MR) is 84.5 cm³/mol. The maximum Gasteiger partial charge on any atom is 0.433 e. The molecule has 1 aliphatic carbocycles. The average molecular weight is 351 g/mol. The van der Waals surface area contributed by atoms with Gasteiger partial charge in [0.2, 0.25) is 5.91 Å². The zero-order chi connectivity index (χ0) is 17.9. The third-order valence-corrected chi connectivity index (χ3v) is 3.67. The van der Waals surface area contributed by atoms with Crippen molar-refractivity contribution in [1.82, 2.24) is 20.3 Å². The van der Waals surface area contributed by atoms with Crippen LogP contribution in [0.3, 0.4) is 0 Å². The molecule has 3 rings (SSSR count). The number of anilines is 1. The molecule has 0 aliphatic heterocycles. The van der Waals surface area contributed by atoms with Crippen LogP contribution in [0.25, 0.3) is 11.4 Å². The highest BCUT2D eigenvalue weighted by Crippen LogP contribution is 2.30. The van der Waals surface area contributed by atoms with Gasteiger partial charge in [0.25, 0.3) is 0 Å². The van der Waals surface area contributed by atoms with Crippen LogP contribution in [-0.4, -0.2) is 33.9 Å². The smallest absolute Gasteiger partial charge is 0.361 e. The summed E-state index contributed by atoms with van der Waals surface area (Å²) in [6, 6.07) is 3.82. The quantitative estimate of drug-likeness (QED) is 0.836. The molecular formula is C16H16F3N5O. The fourth-order valence-corrected chi connectivity index (χ4v) is 2.13. The molecule has 0 radical (unpaired) electrons. The Morgan fingerprint density at radius 1 is 1.20 bits per heavy atom. The molecule has 1 saturated carbocycles. The molecule has 1 aliphatic rings. The van der Waals surface area contributed by atoms with Crippen molar-refractivity contribution in [2.24, 2.45) is 5.92 Å². The van der Waals surface area contributed by atoms with Crippen LogP contribution in [0, 0.1) is 5.92 Å². The van der Waals surface area contributed by atoms with E-state index in [0.717, 1.165) is 18.9 Å². The molecule has 0 bridgehead atoms. The lowest BCUT2D eigenvalue weighted by atomic mass is 10.2. The van der Waals surface area contributed by atoms with Gasteiger partial charge in [0.05, 0.1) is 6.54 Å². The highest BCUT2D eigenvalue weighted by Gasteiger charge is 2.34. The minimum atomic E-state index is -4.62. The lowest BCUT2D eigenvalue weighted by Crippen LogP contribution is -2.31. The Balaban J connectivity index is 1.76. The first-order valence-electron chi connectivity index (χ1n) is 7.79. The molecule has 0 spiro atoms. The van der Waals surface area contributed by atoms with Gasteiger partial charge in [-0.3, -0.25) is 9.78 Å². The summed E-state index contributed by atoms with van der Waals surface area (Å²) in [6.07, 6.45) is 0.470. The number of pyridine rings is 1. The summed E-state index contributed by atoms with van der Waals surface area (Å²) in [4.78, 5) is 23.2. The van der Waals surface area contributed by atoms with E-state index in [2.05, 4.69) is 25.6 Å². The second-order valence-corrected chi connectivity index (χ2v) is 5.80. The first kappa shape index (κ1) is 17.1. The molecule has 0 atom stereocenters. The van der Waals surface area contributed by atoms with E-state index in [-0.39, 0.29) is 24.1 Å². The molecule has 132 valence electrons. The fraction of sp³-hybridized carbons (Fsp3) is 0.375. The number of hydrogen-bond acceptors (Lipinski definition) is 5. The molecule has 1 fully saturated rings. The van der Waals surface area contributed by atoms with Crippen LogP contribution >= 0.6 is 0 Å². The number of carbonyl (C=O) groups is 1. The number of carbonyl (C=O) groups excluding carboxylic acids is 1. The largest absolute Gasteiger partial charge is 0.433 e. The van der Waals surface area contributed by atoms with E-state index in [1.807, 2.05) is 0 Å². The van der Waals surface area contributed by atoms with Crippen LogP contribution in [0.5, 0.6) is 0 Å². The molecule has 2 aromatic heterocycles. The number of halogens is 3. The van der Waals surface area contributed by atoms with Crippen molar-refractivity contribution < 1.29 is 18.0 Å². The second kappa shape index (κ2) is 7.04. The van der Waals surface area contributed by atoms with Crippen LogP contribution in [0.15, 0.2) is 30.6 Å². The average Bonchev–Trinajstić information content (AvgIpc) is 3.42. The van der Waals surface area contributed by atoms with E-state index in [0.29, 0.717) is 18.0 Å². The van der Waals surface area contributed by atoms with Crippen molar-refractivity contribution in [3.05, 3.63) is 36.3 Å². The van der Waals surface area contributed by atoms with Crippen LogP contribution in [0.2, 0.25) is 0 Å². The number of aromatic nitrogens is 3. The molecule has 2 heterocycles. The summed E-state index contributed by atoms with van der Waals surface area (Å²) in [5.74, 6) is 0.0940. The van der Waals surface area contributed by atoms with Crippen LogP contribution in [0.4, 0.5) is 19.0 Å².